The van der Waals surface area contributed by atoms with E-state index < -0.39 is 33.7 Å². The minimum Gasteiger partial charge on any atom is -0.485 e. The number of benzene rings is 3. The van der Waals surface area contributed by atoms with E-state index in [1.165, 1.54) is 48.5 Å². The Kier molecular flexibility index (Phi) is 13.6. The van der Waals surface area contributed by atoms with Crippen LogP contribution in [0.25, 0.3) is 0 Å². The molecule has 3 rings (SSSR count). The number of amides is 1. The highest BCUT2D eigenvalue weighted by Gasteiger charge is 2.21. The molecule has 2 N–H and O–H groups in total. The predicted octanol–water partition coefficient (Wildman–Crippen LogP) is 4.94. The standard InChI is InChI=1S/C15H12N2O7.C14H19NO4/c18-13(9-23-14-5-1-3-11(7-14)16(19)20)10-24-15-6-2-4-12(8-15)17(21)22;1-10(2)8-12(13(16)17)15-14(18)19-9-11-6-4-3-5-7-11/h1-8H,9-10H2;3-7,10,12H,8-9H2,1-2H3,(H,15,18)(H,16,17)/t;12-/m.0/s1. The number of alkyl carbamates (subject to hydrolysis) is 1. The molecule has 0 saturated carbocycles. The highest BCUT2D eigenvalue weighted by molar-refractivity contribution is 5.81. The zero-order valence-corrected chi connectivity index (χ0v) is 23.4. The van der Waals surface area contributed by atoms with Crippen LogP contribution in [0, 0.1) is 26.1 Å². The quantitative estimate of drug-likeness (QED) is 0.188. The van der Waals surface area contributed by atoms with Crippen molar-refractivity contribution in [3.8, 4) is 11.5 Å². The van der Waals surface area contributed by atoms with E-state index in [-0.39, 0.29) is 48.6 Å². The topological polar surface area (TPSA) is 197 Å². The number of hydrogen-bond donors (Lipinski definition) is 2. The molecule has 0 fully saturated rings. The molecule has 0 heterocycles. The molecule has 0 saturated heterocycles. The molecular weight excluding hydrogens is 566 g/mol. The molecule has 0 aliphatic rings. The summed E-state index contributed by atoms with van der Waals surface area (Å²) in [6.07, 6.45) is -0.340. The summed E-state index contributed by atoms with van der Waals surface area (Å²) in [5.41, 5.74) is 0.564. The second-order valence-electron chi connectivity index (χ2n) is 9.35. The lowest BCUT2D eigenvalue weighted by atomic mass is 10.0. The van der Waals surface area contributed by atoms with Gasteiger partial charge >= 0.3 is 12.1 Å². The maximum Gasteiger partial charge on any atom is 0.408 e. The maximum absolute atomic E-state index is 11.7. The van der Waals surface area contributed by atoms with Crippen molar-refractivity contribution in [1.82, 2.24) is 5.32 Å². The van der Waals surface area contributed by atoms with E-state index in [4.69, 9.17) is 19.3 Å². The lowest BCUT2D eigenvalue weighted by molar-refractivity contribution is -0.385. The molecule has 0 aliphatic carbocycles. The first kappa shape index (κ1) is 33.7. The van der Waals surface area contributed by atoms with Crippen LogP contribution >= 0.6 is 0 Å². The molecule has 14 heteroatoms. The van der Waals surface area contributed by atoms with Crippen molar-refractivity contribution in [2.45, 2.75) is 32.9 Å². The Hall–Kier alpha value is -5.53. The van der Waals surface area contributed by atoms with Crippen LogP contribution in [-0.4, -0.2) is 52.1 Å². The Bertz CT molecular complexity index is 1330. The van der Waals surface area contributed by atoms with Gasteiger partial charge in [-0.05, 0) is 30.0 Å². The fourth-order valence-corrected chi connectivity index (χ4v) is 3.34. The van der Waals surface area contributed by atoms with Crippen LogP contribution < -0.4 is 14.8 Å². The van der Waals surface area contributed by atoms with Gasteiger partial charge in [0.1, 0.15) is 37.4 Å². The smallest absolute Gasteiger partial charge is 0.408 e. The third-order valence-electron chi connectivity index (χ3n) is 5.37. The van der Waals surface area contributed by atoms with E-state index in [1.807, 2.05) is 44.2 Å². The lowest BCUT2D eigenvalue weighted by Crippen LogP contribution is -2.41. The first-order chi connectivity index (χ1) is 20.4. The van der Waals surface area contributed by atoms with Gasteiger partial charge in [0.15, 0.2) is 0 Å². The normalized spacial score (nSPS) is 10.9. The summed E-state index contributed by atoms with van der Waals surface area (Å²) in [5, 5.41) is 32.6. The van der Waals surface area contributed by atoms with Crippen molar-refractivity contribution in [3.63, 3.8) is 0 Å². The van der Waals surface area contributed by atoms with Crippen molar-refractivity contribution >= 4 is 29.2 Å². The van der Waals surface area contributed by atoms with Gasteiger partial charge < -0.3 is 24.6 Å². The molecule has 228 valence electrons. The Labute approximate surface area is 246 Å². The zero-order chi connectivity index (χ0) is 31.8. The number of nitrogens with one attached hydrogen (secondary N) is 1. The van der Waals surface area contributed by atoms with Gasteiger partial charge in [-0.3, -0.25) is 25.0 Å². The number of carboxylic acid groups (broad SMARTS) is 1. The summed E-state index contributed by atoms with van der Waals surface area (Å²) < 4.78 is 15.3. The van der Waals surface area contributed by atoms with E-state index >= 15 is 0 Å². The number of Topliss-reactive ketones (excluding diaryl/α,β-unsaturated/α-hetero) is 1. The van der Waals surface area contributed by atoms with Crippen molar-refractivity contribution in [1.29, 1.82) is 0 Å². The Morgan fingerprint density at radius 2 is 1.33 bits per heavy atom. The number of nitro groups is 2. The van der Waals surface area contributed by atoms with Gasteiger partial charge in [0, 0.05) is 12.1 Å². The first-order valence-corrected chi connectivity index (χ1v) is 12.9. The van der Waals surface area contributed by atoms with E-state index in [2.05, 4.69) is 5.32 Å². The summed E-state index contributed by atoms with van der Waals surface area (Å²) in [7, 11) is 0. The summed E-state index contributed by atoms with van der Waals surface area (Å²) >= 11 is 0. The minimum absolute atomic E-state index is 0.126. The second-order valence-corrected chi connectivity index (χ2v) is 9.35. The summed E-state index contributed by atoms with van der Waals surface area (Å²) in [4.78, 5) is 54.3. The number of carboxylic acids is 1. The number of non-ortho nitro benzene ring substituents is 2. The number of hydrogen-bond acceptors (Lipinski definition) is 10. The van der Waals surface area contributed by atoms with Gasteiger partial charge in [0.05, 0.1) is 22.0 Å². The average molecular weight is 598 g/mol. The molecule has 3 aromatic carbocycles. The SMILES string of the molecule is CC(C)C[C@H](NC(=O)OCc1ccccc1)C(=O)O.O=C(COc1cccc([N+](=O)[O-])c1)COc1cccc([N+](=O)[O-])c1. The number of carbonyl (C=O) groups is 3. The molecule has 1 atom stereocenters. The number of carbonyl (C=O) groups excluding carboxylic acids is 2. The minimum atomic E-state index is -1.05. The number of ketones is 1. The molecular formula is C29H31N3O11. The van der Waals surface area contributed by atoms with Crippen LogP contribution in [0.1, 0.15) is 25.8 Å². The number of rotatable bonds is 14. The summed E-state index contributed by atoms with van der Waals surface area (Å²) in [5.74, 6) is -0.922. The molecule has 43 heavy (non-hydrogen) atoms. The molecule has 0 radical (unpaired) electrons. The first-order valence-electron chi connectivity index (χ1n) is 12.9. The Morgan fingerprint density at radius 3 is 1.77 bits per heavy atom. The van der Waals surface area contributed by atoms with Gasteiger partial charge in [0.2, 0.25) is 5.78 Å². The third kappa shape index (κ3) is 13.1. The van der Waals surface area contributed by atoms with Crippen LogP contribution in [0.4, 0.5) is 16.2 Å². The second kappa shape index (κ2) is 17.3. The van der Waals surface area contributed by atoms with Crippen molar-refractivity contribution in [2.24, 2.45) is 5.92 Å². The summed E-state index contributed by atoms with van der Waals surface area (Å²) in [6, 6.07) is 19.2. The van der Waals surface area contributed by atoms with Crippen molar-refractivity contribution in [2.75, 3.05) is 13.2 Å². The fourth-order valence-electron chi connectivity index (χ4n) is 3.34. The predicted molar refractivity (Wildman–Crippen MR) is 153 cm³/mol. The maximum atomic E-state index is 11.7. The monoisotopic (exact) mass is 597 g/mol. The number of nitrogens with zero attached hydrogens (tertiary/aromatic N) is 2. The zero-order valence-electron chi connectivity index (χ0n) is 23.4. The van der Waals surface area contributed by atoms with Gasteiger partial charge in [-0.25, -0.2) is 9.59 Å². The highest BCUT2D eigenvalue weighted by atomic mass is 16.6. The van der Waals surface area contributed by atoms with E-state index in [0.29, 0.717) is 6.42 Å². The van der Waals surface area contributed by atoms with Crippen LogP contribution in [0.15, 0.2) is 78.9 Å². The molecule has 0 bridgehead atoms. The van der Waals surface area contributed by atoms with Crippen LogP contribution in [0.3, 0.4) is 0 Å². The molecule has 0 spiro atoms. The number of ether oxygens (including phenoxy) is 3. The number of aliphatic carboxylic acids is 1. The van der Waals surface area contributed by atoms with Gasteiger partial charge in [-0.2, -0.15) is 0 Å². The molecule has 14 nitrogen and oxygen atoms in total. The van der Waals surface area contributed by atoms with Crippen LogP contribution in [-0.2, 0) is 20.9 Å². The highest BCUT2D eigenvalue weighted by Crippen LogP contribution is 2.20. The molecule has 1 amide bonds. The van der Waals surface area contributed by atoms with E-state index in [1.54, 1.807) is 0 Å². The average Bonchev–Trinajstić information content (AvgIpc) is 2.98. The van der Waals surface area contributed by atoms with E-state index in [0.717, 1.165) is 5.56 Å². The lowest BCUT2D eigenvalue weighted by Gasteiger charge is -2.16. The molecule has 0 aliphatic heterocycles. The van der Waals surface area contributed by atoms with Gasteiger partial charge in [-0.15, -0.1) is 0 Å². The molecule has 0 unspecified atom stereocenters. The Morgan fingerprint density at radius 1 is 0.814 bits per heavy atom. The number of nitro benzene ring substituents is 2. The summed E-state index contributed by atoms with van der Waals surface area (Å²) in [6.45, 7) is 3.24. The molecule has 0 aromatic heterocycles. The Balaban J connectivity index is 0.000000309. The van der Waals surface area contributed by atoms with Crippen molar-refractivity contribution < 1.29 is 43.5 Å². The van der Waals surface area contributed by atoms with Gasteiger partial charge in [0.25, 0.3) is 11.4 Å². The van der Waals surface area contributed by atoms with E-state index in [9.17, 15) is 34.6 Å². The molecule has 3 aromatic rings. The van der Waals surface area contributed by atoms with Crippen molar-refractivity contribution in [3.05, 3.63) is 105 Å². The van der Waals surface area contributed by atoms with Gasteiger partial charge in [-0.1, -0.05) is 56.3 Å². The largest absolute Gasteiger partial charge is 0.485 e. The van der Waals surface area contributed by atoms with Crippen LogP contribution in [0.2, 0.25) is 0 Å². The third-order valence-corrected chi connectivity index (χ3v) is 5.37. The van der Waals surface area contributed by atoms with Crippen LogP contribution in [0.5, 0.6) is 11.5 Å². The fraction of sp³-hybridized carbons (Fsp3) is 0.276.